The first kappa shape index (κ1) is 23.4. The third kappa shape index (κ3) is 5.68. The first-order valence-corrected chi connectivity index (χ1v) is 10.7. The molecule has 0 saturated heterocycles. The highest BCUT2D eigenvalue weighted by Gasteiger charge is 2.47. The largest absolute Gasteiger partial charge is 0.148 e. The summed E-state index contributed by atoms with van der Waals surface area (Å²) in [6.45, 7) is 29.2. The van der Waals surface area contributed by atoms with Crippen molar-refractivity contribution in [1.29, 1.82) is 0 Å². The van der Waals surface area contributed by atoms with Crippen LogP contribution in [0.25, 0.3) is 0 Å². The van der Waals surface area contributed by atoms with E-state index in [4.69, 9.17) is 0 Å². The molecular formula is C22H46S. The molecule has 0 aliphatic rings. The van der Waals surface area contributed by atoms with E-state index in [9.17, 15) is 0 Å². The monoisotopic (exact) mass is 342 g/mol. The molecule has 23 heavy (non-hydrogen) atoms. The Hall–Kier alpha value is 0.350. The highest BCUT2D eigenvalue weighted by molar-refractivity contribution is 8.02. The van der Waals surface area contributed by atoms with Gasteiger partial charge in [0.15, 0.2) is 0 Å². The van der Waals surface area contributed by atoms with Crippen molar-refractivity contribution in [3.05, 3.63) is 0 Å². The minimum atomic E-state index is 0.344. The van der Waals surface area contributed by atoms with Gasteiger partial charge in [-0.05, 0) is 35.5 Å². The van der Waals surface area contributed by atoms with E-state index >= 15 is 0 Å². The third-order valence-corrected chi connectivity index (χ3v) is 8.33. The van der Waals surface area contributed by atoms with Gasteiger partial charge in [0, 0.05) is 9.49 Å². The molecule has 0 fully saturated rings. The Kier molecular flexibility index (Phi) is 8.28. The lowest BCUT2D eigenvalue weighted by molar-refractivity contribution is 0.163. The van der Waals surface area contributed by atoms with Gasteiger partial charge in [0.2, 0.25) is 0 Å². The fraction of sp³-hybridized carbons (Fsp3) is 1.00. The highest BCUT2D eigenvalue weighted by Crippen LogP contribution is 2.56. The smallest absolute Gasteiger partial charge is 0.0167 e. The Balaban J connectivity index is 5.80. The van der Waals surface area contributed by atoms with Crippen molar-refractivity contribution in [3.8, 4) is 0 Å². The van der Waals surface area contributed by atoms with Crippen molar-refractivity contribution in [1.82, 2.24) is 0 Å². The van der Waals surface area contributed by atoms with Crippen molar-refractivity contribution in [2.24, 2.45) is 22.7 Å². The van der Waals surface area contributed by atoms with Crippen LogP contribution in [0.3, 0.4) is 0 Å². The molecule has 0 aromatic heterocycles. The zero-order valence-corrected chi connectivity index (χ0v) is 19.2. The molecule has 1 heteroatoms. The average molecular weight is 343 g/mol. The topological polar surface area (TPSA) is 0 Å². The molecule has 0 radical (unpaired) electrons. The molecule has 0 rings (SSSR count). The zero-order valence-electron chi connectivity index (χ0n) is 18.4. The van der Waals surface area contributed by atoms with Crippen molar-refractivity contribution in [2.45, 2.75) is 118 Å². The molecule has 4 unspecified atom stereocenters. The second kappa shape index (κ2) is 8.15. The third-order valence-electron chi connectivity index (χ3n) is 6.25. The molecule has 0 spiro atoms. The lowest BCUT2D eigenvalue weighted by atomic mass is 9.70. The van der Waals surface area contributed by atoms with Crippen LogP contribution in [0.15, 0.2) is 0 Å². The Labute approximate surface area is 153 Å². The van der Waals surface area contributed by atoms with Gasteiger partial charge < -0.3 is 0 Å². The van der Waals surface area contributed by atoms with Crippen LogP contribution in [0.2, 0.25) is 0 Å². The molecule has 0 saturated carbocycles. The Bertz CT molecular complexity index is 312. The molecule has 0 aromatic rings. The Morgan fingerprint density at radius 2 is 0.826 bits per heavy atom. The summed E-state index contributed by atoms with van der Waals surface area (Å²) < 4.78 is 0.687. The molecule has 0 bridgehead atoms. The summed E-state index contributed by atoms with van der Waals surface area (Å²) in [6.07, 6.45) is 5.05. The van der Waals surface area contributed by atoms with Crippen LogP contribution in [-0.2, 0) is 0 Å². The maximum atomic E-state index is 2.54. The summed E-state index contributed by atoms with van der Waals surface area (Å²) in [5.74, 6) is 1.49. The van der Waals surface area contributed by atoms with Gasteiger partial charge in [-0.3, -0.25) is 0 Å². The van der Waals surface area contributed by atoms with Crippen LogP contribution in [0.1, 0.15) is 109 Å². The van der Waals surface area contributed by atoms with E-state index in [-0.39, 0.29) is 0 Å². The number of rotatable bonds is 8. The van der Waals surface area contributed by atoms with Crippen LogP contribution in [0.5, 0.6) is 0 Å². The SMILES string of the molecule is CCC(C(C)(C)C)C(C)(CC)SC(C)(CC)C(CC)C(C)(C)C. The molecule has 0 amide bonds. The van der Waals surface area contributed by atoms with E-state index in [1.807, 2.05) is 0 Å². The zero-order chi connectivity index (χ0) is 18.7. The van der Waals surface area contributed by atoms with E-state index in [2.05, 4.69) is 94.8 Å². The van der Waals surface area contributed by atoms with Gasteiger partial charge in [-0.1, -0.05) is 95.9 Å². The van der Waals surface area contributed by atoms with Crippen LogP contribution in [0.4, 0.5) is 0 Å². The van der Waals surface area contributed by atoms with Gasteiger partial charge in [-0.2, -0.15) is 0 Å². The van der Waals surface area contributed by atoms with Gasteiger partial charge in [-0.15, -0.1) is 11.8 Å². The normalized spacial score (nSPS) is 21.4. The fourth-order valence-electron chi connectivity index (χ4n) is 5.23. The second-order valence-electron chi connectivity index (χ2n) is 10.1. The van der Waals surface area contributed by atoms with Crippen LogP contribution in [-0.4, -0.2) is 9.49 Å². The number of hydrogen-bond acceptors (Lipinski definition) is 1. The van der Waals surface area contributed by atoms with E-state index < -0.39 is 0 Å². The first-order valence-electron chi connectivity index (χ1n) is 9.91. The molecule has 140 valence electrons. The fourth-order valence-corrected chi connectivity index (χ4v) is 7.91. The maximum absolute atomic E-state index is 2.54. The summed E-state index contributed by atoms with van der Waals surface area (Å²) in [6, 6.07) is 0. The van der Waals surface area contributed by atoms with Crippen LogP contribution in [0, 0.1) is 22.7 Å². The van der Waals surface area contributed by atoms with Gasteiger partial charge >= 0.3 is 0 Å². The van der Waals surface area contributed by atoms with E-state index in [0.29, 0.717) is 20.3 Å². The number of thioether (sulfide) groups is 1. The molecule has 4 atom stereocenters. The van der Waals surface area contributed by atoms with Crippen molar-refractivity contribution < 1.29 is 0 Å². The summed E-state index contributed by atoms with van der Waals surface area (Å²) in [4.78, 5) is 0. The van der Waals surface area contributed by atoms with E-state index in [1.54, 1.807) is 0 Å². The quantitative estimate of drug-likeness (QED) is 0.428. The summed E-state index contributed by atoms with van der Waals surface area (Å²) in [5.41, 5.74) is 0.731. The molecule has 0 aliphatic heterocycles. The maximum Gasteiger partial charge on any atom is 0.0167 e. The standard InChI is InChI=1S/C22H46S/c1-13-17(19(5,6)7)21(11,15-3)23-22(12,16-4)18(14-2)20(8,9)10/h17-18H,13-16H2,1-12H3. The Morgan fingerprint density at radius 1 is 0.565 bits per heavy atom. The number of hydrogen-bond donors (Lipinski definition) is 0. The molecule has 0 N–H and O–H groups in total. The lowest BCUT2D eigenvalue weighted by Crippen LogP contribution is -2.47. The van der Waals surface area contributed by atoms with E-state index in [0.717, 1.165) is 11.8 Å². The predicted molar refractivity (Wildman–Crippen MR) is 111 cm³/mol. The predicted octanol–water partition coefficient (Wildman–Crippen LogP) is 8.20. The van der Waals surface area contributed by atoms with Crippen LogP contribution < -0.4 is 0 Å². The van der Waals surface area contributed by atoms with Gasteiger partial charge in [-0.25, -0.2) is 0 Å². The van der Waals surface area contributed by atoms with Crippen molar-refractivity contribution in [2.75, 3.05) is 0 Å². The molecular weight excluding hydrogens is 296 g/mol. The first-order chi connectivity index (χ1) is 10.2. The van der Waals surface area contributed by atoms with Gasteiger partial charge in [0.05, 0.1) is 0 Å². The lowest BCUT2D eigenvalue weighted by Gasteiger charge is -2.52. The molecule has 0 aromatic carbocycles. The summed E-state index contributed by atoms with van der Waals surface area (Å²) in [5, 5.41) is 0. The minimum absolute atomic E-state index is 0.344. The minimum Gasteiger partial charge on any atom is -0.148 e. The van der Waals surface area contributed by atoms with Crippen molar-refractivity contribution >= 4 is 11.8 Å². The van der Waals surface area contributed by atoms with E-state index in [1.165, 1.54) is 25.7 Å². The molecule has 0 nitrogen and oxygen atoms in total. The molecule has 0 aliphatic carbocycles. The molecule has 0 heterocycles. The highest BCUT2D eigenvalue weighted by atomic mass is 32.2. The summed E-state index contributed by atoms with van der Waals surface area (Å²) >= 11 is 2.31. The second-order valence-corrected chi connectivity index (χ2v) is 12.2. The van der Waals surface area contributed by atoms with Crippen LogP contribution >= 0.6 is 11.8 Å². The van der Waals surface area contributed by atoms with Crippen molar-refractivity contribution in [3.63, 3.8) is 0 Å². The summed E-state index contributed by atoms with van der Waals surface area (Å²) in [7, 11) is 0. The van der Waals surface area contributed by atoms with Gasteiger partial charge in [0.25, 0.3) is 0 Å². The van der Waals surface area contributed by atoms with Gasteiger partial charge in [0.1, 0.15) is 0 Å². The Morgan fingerprint density at radius 3 is 0.957 bits per heavy atom. The average Bonchev–Trinajstić information content (AvgIpc) is 2.36.